The number of carbonyl (C=O) groups is 1. The standard InChI is InChI=1S/C25H30F3N5O2/c1-13(2)19(8-14-4-5-14)31-25-18(26)10-17(23(29)34)24(32-25)30-15-6-7-20-16(9-15)21(35-3)11-33(20)12-22(27)28/h6-7,9-11,13-14,19,22H,4-5,8,12H2,1-3H3,(H2,29,34)(H2,30,31,32)/t19-/m1/s1. The summed E-state index contributed by atoms with van der Waals surface area (Å²) in [6.45, 7) is 3.67. The number of nitrogens with zero attached hydrogens (tertiary/aromatic N) is 2. The highest BCUT2D eigenvalue weighted by Crippen LogP contribution is 2.36. The predicted molar refractivity (Wildman–Crippen MR) is 130 cm³/mol. The Morgan fingerprint density at radius 2 is 2.00 bits per heavy atom. The van der Waals surface area contributed by atoms with Crippen LogP contribution in [0, 0.1) is 17.7 Å². The quantitative estimate of drug-likeness (QED) is 0.329. The highest BCUT2D eigenvalue weighted by atomic mass is 19.3. The molecule has 35 heavy (non-hydrogen) atoms. The Kier molecular flexibility index (Phi) is 7.09. The van der Waals surface area contributed by atoms with Crippen molar-refractivity contribution < 1.29 is 22.7 Å². The minimum absolute atomic E-state index is 0.0342. The third-order valence-electron chi connectivity index (χ3n) is 6.31. The molecule has 7 nitrogen and oxygen atoms in total. The number of primary amides is 1. The van der Waals surface area contributed by atoms with Crippen molar-refractivity contribution in [2.45, 2.75) is 52.1 Å². The number of benzene rings is 1. The number of nitrogens with two attached hydrogens (primary N) is 1. The zero-order valence-electron chi connectivity index (χ0n) is 19.9. The first-order valence-corrected chi connectivity index (χ1v) is 11.6. The van der Waals surface area contributed by atoms with Crippen LogP contribution in [0.15, 0.2) is 30.5 Å². The summed E-state index contributed by atoms with van der Waals surface area (Å²) in [6.07, 6.45) is 2.28. The molecule has 4 N–H and O–H groups in total. The van der Waals surface area contributed by atoms with Crippen molar-refractivity contribution in [3.63, 3.8) is 0 Å². The maximum Gasteiger partial charge on any atom is 0.256 e. The minimum atomic E-state index is -2.52. The maximum atomic E-state index is 14.9. The molecule has 1 aliphatic carbocycles. The zero-order valence-corrected chi connectivity index (χ0v) is 19.9. The molecule has 10 heteroatoms. The number of nitrogens with one attached hydrogen (secondary N) is 2. The van der Waals surface area contributed by atoms with Gasteiger partial charge < -0.3 is 25.7 Å². The van der Waals surface area contributed by atoms with Crippen LogP contribution >= 0.6 is 0 Å². The lowest BCUT2D eigenvalue weighted by atomic mass is 9.98. The molecular formula is C25H30F3N5O2. The summed E-state index contributed by atoms with van der Waals surface area (Å²) in [5, 5.41) is 6.85. The van der Waals surface area contributed by atoms with Crippen LogP contribution in [0.4, 0.5) is 30.5 Å². The van der Waals surface area contributed by atoms with Crippen LogP contribution in [-0.2, 0) is 6.54 Å². The number of rotatable bonds is 11. The fourth-order valence-electron chi connectivity index (χ4n) is 4.20. The molecule has 188 valence electrons. The van der Waals surface area contributed by atoms with Crippen LogP contribution in [0.2, 0.25) is 0 Å². The van der Waals surface area contributed by atoms with Gasteiger partial charge >= 0.3 is 0 Å². The molecule has 1 fully saturated rings. The van der Waals surface area contributed by atoms with Crippen molar-refractivity contribution in [3.8, 4) is 5.75 Å². The summed E-state index contributed by atoms with van der Waals surface area (Å²) in [5.41, 5.74) is 6.48. The number of halogens is 3. The largest absolute Gasteiger partial charge is 0.495 e. The van der Waals surface area contributed by atoms with Crippen LogP contribution in [0.3, 0.4) is 0 Å². The summed E-state index contributed by atoms with van der Waals surface area (Å²) in [7, 11) is 1.46. The van der Waals surface area contributed by atoms with Crippen LogP contribution in [0.1, 0.15) is 43.5 Å². The van der Waals surface area contributed by atoms with Gasteiger partial charge in [-0.3, -0.25) is 4.79 Å². The average Bonchev–Trinajstić information content (AvgIpc) is 3.55. The van der Waals surface area contributed by atoms with Gasteiger partial charge in [0, 0.05) is 23.3 Å². The van der Waals surface area contributed by atoms with Gasteiger partial charge in [-0.05, 0) is 42.5 Å². The molecule has 1 atom stereocenters. The number of hydrogen-bond donors (Lipinski definition) is 3. The van der Waals surface area contributed by atoms with Gasteiger partial charge in [-0.2, -0.15) is 0 Å². The Bertz CT molecular complexity index is 1220. The fourth-order valence-corrected chi connectivity index (χ4v) is 4.20. The molecular weight excluding hydrogens is 459 g/mol. The van der Waals surface area contributed by atoms with Gasteiger partial charge in [0.1, 0.15) is 11.6 Å². The molecule has 1 amide bonds. The number of hydrogen-bond acceptors (Lipinski definition) is 5. The van der Waals surface area contributed by atoms with E-state index in [-0.39, 0.29) is 29.2 Å². The Labute approximate surface area is 201 Å². The lowest BCUT2D eigenvalue weighted by Crippen LogP contribution is -2.28. The summed E-state index contributed by atoms with van der Waals surface area (Å²) >= 11 is 0. The van der Waals surface area contributed by atoms with E-state index in [1.54, 1.807) is 18.2 Å². The van der Waals surface area contributed by atoms with E-state index in [0.717, 1.165) is 12.5 Å². The molecule has 1 aromatic carbocycles. The predicted octanol–water partition coefficient (Wildman–Crippen LogP) is 5.53. The molecule has 2 aromatic heterocycles. The normalized spacial score (nSPS) is 14.5. The Morgan fingerprint density at radius 3 is 2.60 bits per heavy atom. The van der Waals surface area contributed by atoms with Gasteiger partial charge in [0.15, 0.2) is 11.6 Å². The lowest BCUT2D eigenvalue weighted by molar-refractivity contribution is 0.1000. The number of alkyl halides is 2. The summed E-state index contributed by atoms with van der Waals surface area (Å²) in [4.78, 5) is 16.4. The number of amides is 1. The molecule has 0 aliphatic heterocycles. The minimum Gasteiger partial charge on any atom is -0.495 e. The van der Waals surface area contributed by atoms with Crippen molar-refractivity contribution in [2.75, 3.05) is 17.7 Å². The van der Waals surface area contributed by atoms with Crippen molar-refractivity contribution in [1.29, 1.82) is 0 Å². The third-order valence-corrected chi connectivity index (χ3v) is 6.31. The van der Waals surface area contributed by atoms with Gasteiger partial charge in [-0.15, -0.1) is 0 Å². The maximum absolute atomic E-state index is 14.9. The van der Waals surface area contributed by atoms with Gasteiger partial charge in [-0.25, -0.2) is 18.2 Å². The van der Waals surface area contributed by atoms with E-state index in [0.29, 0.717) is 28.3 Å². The number of aromatic nitrogens is 2. The topological polar surface area (TPSA) is 94.2 Å². The SMILES string of the molecule is COc1cn(CC(F)F)c2ccc(Nc3nc(N[C@H](CC4CC4)C(C)C)c(F)cc3C(N)=O)cc12. The second-order valence-corrected chi connectivity index (χ2v) is 9.35. The summed E-state index contributed by atoms with van der Waals surface area (Å²) in [6, 6.07) is 6.14. The van der Waals surface area contributed by atoms with Gasteiger partial charge in [0.25, 0.3) is 12.3 Å². The Morgan fingerprint density at radius 1 is 1.26 bits per heavy atom. The first-order chi connectivity index (χ1) is 16.7. The van der Waals surface area contributed by atoms with E-state index in [9.17, 15) is 18.0 Å². The second kappa shape index (κ2) is 10.1. The van der Waals surface area contributed by atoms with Crippen molar-refractivity contribution in [1.82, 2.24) is 9.55 Å². The van der Waals surface area contributed by atoms with Gasteiger partial charge in [0.05, 0.1) is 24.7 Å². The van der Waals surface area contributed by atoms with Crippen LogP contribution < -0.4 is 21.1 Å². The van der Waals surface area contributed by atoms with Crippen molar-refractivity contribution in [3.05, 3.63) is 41.8 Å². The van der Waals surface area contributed by atoms with Crippen molar-refractivity contribution in [2.24, 2.45) is 17.6 Å². The molecule has 0 spiro atoms. The first-order valence-electron chi connectivity index (χ1n) is 11.6. The summed E-state index contributed by atoms with van der Waals surface area (Å²) < 4.78 is 47.6. The number of methoxy groups -OCH3 is 1. The second-order valence-electron chi connectivity index (χ2n) is 9.35. The lowest BCUT2D eigenvalue weighted by Gasteiger charge is -2.24. The fraction of sp³-hybridized carbons (Fsp3) is 0.440. The molecule has 4 rings (SSSR count). The zero-order chi connectivity index (χ0) is 25.3. The monoisotopic (exact) mass is 489 g/mol. The van der Waals surface area contributed by atoms with E-state index in [1.807, 2.05) is 0 Å². The molecule has 2 heterocycles. The van der Waals surface area contributed by atoms with Crippen LogP contribution in [0.5, 0.6) is 5.75 Å². The molecule has 0 bridgehead atoms. The molecule has 1 saturated carbocycles. The summed E-state index contributed by atoms with van der Waals surface area (Å²) in [5.74, 6) is -0.0266. The molecule has 0 radical (unpaired) electrons. The number of fused-ring (bicyclic) bond motifs is 1. The molecule has 1 aliphatic rings. The molecule has 3 aromatic rings. The third kappa shape index (κ3) is 5.63. The van der Waals surface area contributed by atoms with E-state index in [1.165, 1.54) is 30.7 Å². The van der Waals surface area contributed by atoms with E-state index >= 15 is 0 Å². The van der Waals surface area contributed by atoms with E-state index in [4.69, 9.17) is 10.5 Å². The van der Waals surface area contributed by atoms with E-state index in [2.05, 4.69) is 29.5 Å². The van der Waals surface area contributed by atoms with Crippen molar-refractivity contribution >= 4 is 34.1 Å². The number of carbonyl (C=O) groups excluding carboxylic acids is 1. The van der Waals surface area contributed by atoms with E-state index < -0.39 is 24.7 Å². The number of pyridine rings is 1. The Hall–Kier alpha value is -3.43. The molecule has 0 saturated heterocycles. The van der Waals surface area contributed by atoms with Gasteiger partial charge in [-0.1, -0.05) is 26.7 Å². The highest BCUT2D eigenvalue weighted by Gasteiger charge is 2.28. The first kappa shape index (κ1) is 24.7. The van der Waals surface area contributed by atoms with Crippen LogP contribution in [0.25, 0.3) is 10.9 Å². The average molecular weight is 490 g/mol. The highest BCUT2D eigenvalue weighted by molar-refractivity contribution is 5.99. The number of ether oxygens (including phenoxy) is 1. The number of anilines is 3. The van der Waals surface area contributed by atoms with Gasteiger partial charge in [0.2, 0.25) is 0 Å². The molecule has 0 unspecified atom stereocenters. The smallest absolute Gasteiger partial charge is 0.256 e. The van der Waals surface area contributed by atoms with Crippen LogP contribution in [-0.4, -0.2) is 35.0 Å². The Balaban J connectivity index is 1.67.